The van der Waals surface area contributed by atoms with E-state index in [9.17, 15) is 4.79 Å². The average Bonchev–Trinajstić information content (AvgIpc) is 3.05. The van der Waals surface area contributed by atoms with E-state index in [4.69, 9.17) is 0 Å². The van der Waals surface area contributed by atoms with Crippen molar-refractivity contribution in [2.45, 2.75) is 33.2 Å². The molecule has 0 radical (unpaired) electrons. The zero-order chi connectivity index (χ0) is 14.5. The molecule has 0 bridgehead atoms. The standard InChI is InChI=1S/C14H25N5O.ClH/c1-11(2)4-7-19-10-13(16-17-19)14(20)18-6-5-12(9-18)8-15-3;/h10-12,15H,4-9H2,1-3H3;1H. The Hall–Kier alpha value is -1.14. The van der Waals surface area contributed by atoms with Crippen LogP contribution < -0.4 is 5.32 Å². The first kappa shape index (κ1) is 17.9. The van der Waals surface area contributed by atoms with E-state index in [1.807, 2.05) is 11.9 Å². The second kappa shape index (κ2) is 8.34. The molecule has 0 spiro atoms. The fourth-order valence-electron chi connectivity index (χ4n) is 2.53. The molecule has 0 saturated carbocycles. The minimum Gasteiger partial charge on any atom is -0.337 e. The molecule has 1 atom stereocenters. The lowest BCUT2D eigenvalue weighted by Gasteiger charge is -2.14. The Bertz CT molecular complexity index is 448. The van der Waals surface area contributed by atoms with E-state index in [-0.39, 0.29) is 18.3 Å². The summed E-state index contributed by atoms with van der Waals surface area (Å²) in [5.41, 5.74) is 0.471. The fourth-order valence-corrected chi connectivity index (χ4v) is 2.53. The van der Waals surface area contributed by atoms with Gasteiger partial charge in [0.05, 0.1) is 6.20 Å². The number of likely N-dealkylation sites (tertiary alicyclic amines) is 1. The zero-order valence-electron chi connectivity index (χ0n) is 13.1. The highest BCUT2D eigenvalue weighted by Crippen LogP contribution is 2.17. The van der Waals surface area contributed by atoms with Gasteiger partial charge in [0.1, 0.15) is 0 Å². The number of hydrogen-bond acceptors (Lipinski definition) is 4. The molecule has 1 amide bonds. The summed E-state index contributed by atoms with van der Waals surface area (Å²) in [5.74, 6) is 1.19. The van der Waals surface area contributed by atoms with E-state index in [1.54, 1.807) is 10.9 Å². The van der Waals surface area contributed by atoms with Crippen molar-refractivity contribution in [1.82, 2.24) is 25.2 Å². The first-order valence-corrected chi connectivity index (χ1v) is 7.44. The monoisotopic (exact) mass is 315 g/mol. The van der Waals surface area contributed by atoms with Crippen LogP contribution in [0.1, 0.15) is 37.2 Å². The Morgan fingerprint density at radius 1 is 1.52 bits per heavy atom. The van der Waals surface area contributed by atoms with Crippen LogP contribution in [0.3, 0.4) is 0 Å². The largest absolute Gasteiger partial charge is 0.337 e. The molecular weight excluding hydrogens is 290 g/mol. The molecule has 1 aromatic heterocycles. The number of amides is 1. The lowest BCUT2D eigenvalue weighted by molar-refractivity contribution is 0.0781. The first-order valence-electron chi connectivity index (χ1n) is 7.44. The average molecular weight is 316 g/mol. The van der Waals surface area contributed by atoms with Crippen LogP contribution in [-0.4, -0.2) is 52.5 Å². The SMILES string of the molecule is CNCC1CCN(C(=O)c2cn(CCC(C)C)nn2)C1.Cl. The lowest BCUT2D eigenvalue weighted by Crippen LogP contribution is -2.30. The van der Waals surface area contributed by atoms with Crippen molar-refractivity contribution in [2.75, 3.05) is 26.7 Å². The molecule has 6 nitrogen and oxygen atoms in total. The van der Waals surface area contributed by atoms with E-state index < -0.39 is 0 Å². The maximum absolute atomic E-state index is 12.3. The van der Waals surface area contributed by atoms with Crippen LogP contribution in [-0.2, 0) is 6.54 Å². The van der Waals surface area contributed by atoms with E-state index in [0.29, 0.717) is 17.5 Å². The Kier molecular flexibility index (Phi) is 7.11. The van der Waals surface area contributed by atoms with Crippen LogP contribution in [0.5, 0.6) is 0 Å². The Morgan fingerprint density at radius 2 is 2.29 bits per heavy atom. The van der Waals surface area contributed by atoms with Crippen molar-refractivity contribution in [3.63, 3.8) is 0 Å². The van der Waals surface area contributed by atoms with Crippen LogP contribution in [0.2, 0.25) is 0 Å². The van der Waals surface area contributed by atoms with Gasteiger partial charge in [0, 0.05) is 19.6 Å². The maximum Gasteiger partial charge on any atom is 0.276 e. The highest BCUT2D eigenvalue weighted by Gasteiger charge is 2.27. The van der Waals surface area contributed by atoms with Gasteiger partial charge in [-0.2, -0.15) is 0 Å². The van der Waals surface area contributed by atoms with Crippen molar-refractivity contribution in [3.8, 4) is 0 Å². The molecule has 0 aromatic carbocycles. The summed E-state index contributed by atoms with van der Waals surface area (Å²) >= 11 is 0. The summed E-state index contributed by atoms with van der Waals surface area (Å²) in [4.78, 5) is 14.2. The molecule has 2 rings (SSSR count). The summed E-state index contributed by atoms with van der Waals surface area (Å²) in [7, 11) is 1.95. The number of nitrogens with zero attached hydrogens (tertiary/aromatic N) is 4. The second-order valence-electron chi connectivity index (χ2n) is 6.01. The molecule has 0 aliphatic carbocycles. The number of carbonyl (C=O) groups excluding carboxylic acids is 1. The number of hydrogen-bond donors (Lipinski definition) is 1. The van der Waals surface area contributed by atoms with Crippen LogP contribution in [0.4, 0.5) is 0 Å². The van der Waals surface area contributed by atoms with Gasteiger partial charge in [-0.3, -0.25) is 9.48 Å². The van der Waals surface area contributed by atoms with Gasteiger partial charge in [0.15, 0.2) is 5.69 Å². The summed E-state index contributed by atoms with van der Waals surface area (Å²) in [6, 6.07) is 0. The maximum atomic E-state index is 12.3. The van der Waals surface area contributed by atoms with E-state index in [0.717, 1.165) is 39.0 Å². The van der Waals surface area contributed by atoms with E-state index >= 15 is 0 Å². The molecular formula is C14H26ClN5O. The summed E-state index contributed by atoms with van der Waals surface area (Å²) in [6.07, 6.45) is 3.88. The molecule has 2 heterocycles. The normalized spacial score (nSPS) is 18.1. The number of carbonyl (C=O) groups is 1. The third-order valence-corrected chi connectivity index (χ3v) is 3.76. The van der Waals surface area contributed by atoms with Gasteiger partial charge in [-0.15, -0.1) is 17.5 Å². The van der Waals surface area contributed by atoms with Crippen LogP contribution in [0, 0.1) is 11.8 Å². The lowest BCUT2D eigenvalue weighted by atomic mass is 10.1. The third-order valence-electron chi connectivity index (χ3n) is 3.76. The van der Waals surface area contributed by atoms with Crippen LogP contribution in [0.15, 0.2) is 6.20 Å². The smallest absolute Gasteiger partial charge is 0.276 e. The van der Waals surface area contributed by atoms with E-state index in [2.05, 4.69) is 29.5 Å². The highest BCUT2D eigenvalue weighted by atomic mass is 35.5. The van der Waals surface area contributed by atoms with Gasteiger partial charge in [-0.25, -0.2) is 0 Å². The first-order chi connectivity index (χ1) is 9.60. The third kappa shape index (κ3) is 4.97. The molecule has 120 valence electrons. The number of rotatable bonds is 6. The Morgan fingerprint density at radius 3 is 2.95 bits per heavy atom. The topological polar surface area (TPSA) is 63.1 Å². The quantitative estimate of drug-likeness (QED) is 0.862. The predicted molar refractivity (Wildman–Crippen MR) is 84.7 cm³/mol. The van der Waals surface area contributed by atoms with E-state index in [1.165, 1.54) is 0 Å². The molecule has 1 fully saturated rings. The number of aromatic nitrogens is 3. The second-order valence-corrected chi connectivity index (χ2v) is 6.01. The van der Waals surface area contributed by atoms with Gasteiger partial charge in [-0.1, -0.05) is 19.1 Å². The molecule has 1 aliphatic rings. The highest BCUT2D eigenvalue weighted by molar-refractivity contribution is 5.92. The van der Waals surface area contributed by atoms with Crippen molar-refractivity contribution < 1.29 is 4.79 Å². The molecule has 1 unspecified atom stereocenters. The van der Waals surface area contributed by atoms with Crippen molar-refractivity contribution in [3.05, 3.63) is 11.9 Å². The van der Waals surface area contributed by atoms with Gasteiger partial charge < -0.3 is 10.2 Å². The van der Waals surface area contributed by atoms with Crippen molar-refractivity contribution in [1.29, 1.82) is 0 Å². The molecule has 7 heteroatoms. The summed E-state index contributed by atoms with van der Waals surface area (Å²) in [6.45, 7) is 7.78. The fraction of sp³-hybridized carbons (Fsp3) is 0.786. The molecule has 1 saturated heterocycles. The molecule has 1 aromatic rings. The van der Waals surface area contributed by atoms with Gasteiger partial charge >= 0.3 is 0 Å². The van der Waals surface area contributed by atoms with Crippen LogP contribution >= 0.6 is 12.4 Å². The van der Waals surface area contributed by atoms with Gasteiger partial charge in [0.25, 0.3) is 5.91 Å². The number of aryl methyl sites for hydroxylation is 1. The van der Waals surface area contributed by atoms with Gasteiger partial charge in [0.2, 0.25) is 0 Å². The van der Waals surface area contributed by atoms with Crippen LogP contribution in [0.25, 0.3) is 0 Å². The minimum atomic E-state index is 0. The predicted octanol–water partition coefficient (Wildman–Crippen LogP) is 1.43. The summed E-state index contributed by atoms with van der Waals surface area (Å²) in [5, 5.41) is 11.2. The minimum absolute atomic E-state index is 0. The van der Waals surface area contributed by atoms with Crippen molar-refractivity contribution in [2.24, 2.45) is 11.8 Å². The molecule has 21 heavy (non-hydrogen) atoms. The number of halogens is 1. The summed E-state index contributed by atoms with van der Waals surface area (Å²) < 4.78 is 1.77. The molecule has 1 N–H and O–H groups in total. The Labute approximate surface area is 132 Å². The van der Waals surface area contributed by atoms with Gasteiger partial charge in [-0.05, 0) is 38.3 Å². The molecule has 1 aliphatic heterocycles. The zero-order valence-corrected chi connectivity index (χ0v) is 13.9. The number of nitrogens with one attached hydrogen (secondary N) is 1. The van der Waals surface area contributed by atoms with Crippen molar-refractivity contribution >= 4 is 18.3 Å². The Balaban J connectivity index is 0.00000220.